The smallest absolute Gasteiger partial charge is 0.264 e. The highest BCUT2D eigenvalue weighted by molar-refractivity contribution is 7.92. The Bertz CT molecular complexity index is 1380. The molecule has 9 heteroatoms. The number of nitrogens with one attached hydrogen (secondary N) is 1. The molecular weight excluding hydrogens is 534 g/mol. The summed E-state index contributed by atoms with van der Waals surface area (Å²) < 4.78 is 28.7. The van der Waals surface area contributed by atoms with E-state index in [1.807, 2.05) is 45.0 Å². The van der Waals surface area contributed by atoms with Gasteiger partial charge in [-0.3, -0.25) is 13.9 Å². The Hall–Kier alpha value is -3.36. The van der Waals surface area contributed by atoms with E-state index in [1.54, 1.807) is 43.3 Å². The summed E-state index contributed by atoms with van der Waals surface area (Å²) in [4.78, 5) is 28.4. The quantitative estimate of drug-likeness (QED) is 0.292. The maximum Gasteiger partial charge on any atom is 0.264 e. The summed E-state index contributed by atoms with van der Waals surface area (Å²) in [5.41, 5.74) is 3.07. The Morgan fingerprint density at radius 1 is 0.949 bits per heavy atom. The molecule has 3 aromatic rings. The second kappa shape index (κ2) is 13.6. The van der Waals surface area contributed by atoms with Crippen molar-refractivity contribution in [2.45, 2.75) is 58.0 Å². The van der Waals surface area contributed by atoms with Crippen molar-refractivity contribution in [2.75, 3.05) is 17.4 Å². The molecule has 0 fully saturated rings. The molecule has 7 nitrogen and oxygen atoms in total. The van der Waals surface area contributed by atoms with Gasteiger partial charge in [0.15, 0.2) is 0 Å². The van der Waals surface area contributed by atoms with Crippen LogP contribution in [0.2, 0.25) is 5.02 Å². The first-order valence-electron chi connectivity index (χ1n) is 13.0. The predicted molar refractivity (Wildman–Crippen MR) is 156 cm³/mol. The number of carbonyl (C=O) groups is 2. The lowest BCUT2D eigenvalue weighted by Crippen LogP contribution is -2.51. The minimum Gasteiger partial charge on any atom is -0.354 e. The number of aryl methyl sites for hydroxylation is 2. The van der Waals surface area contributed by atoms with Gasteiger partial charge in [0.2, 0.25) is 11.8 Å². The fourth-order valence-electron chi connectivity index (χ4n) is 4.10. The molecule has 1 N–H and O–H groups in total. The van der Waals surface area contributed by atoms with Gasteiger partial charge >= 0.3 is 0 Å². The minimum absolute atomic E-state index is 0.0615. The van der Waals surface area contributed by atoms with E-state index in [1.165, 1.54) is 17.0 Å². The minimum atomic E-state index is -4.11. The standard InChI is InChI=1S/C30H36ClN3O4S/c1-5-6-18-32-30(36)24(4)33(20-25-9-7-8-23(3)19-25)29(35)21-34(27-14-12-26(31)13-15-27)39(37,38)28-16-10-22(2)11-17-28/h7-17,19,24H,5-6,18,20-21H2,1-4H3,(H,32,36)/t24-/m0/s1. The number of rotatable bonds is 12. The fraction of sp³-hybridized carbons (Fsp3) is 0.333. The van der Waals surface area contributed by atoms with Crippen molar-refractivity contribution >= 4 is 39.1 Å². The van der Waals surface area contributed by atoms with Crippen LogP contribution in [0.3, 0.4) is 0 Å². The van der Waals surface area contributed by atoms with Gasteiger partial charge in [0.1, 0.15) is 12.6 Å². The van der Waals surface area contributed by atoms with Gasteiger partial charge < -0.3 is 10.2 Å². The zero-order valence-electron chi connectivity index (χ0n) is 22.9. The number of hydrogen-bond donors (Lipinski definition) is 1. The lowest BCUT2D eigenvalue weighted by Gasteiger charge is -2.32. The van der Waals surface area contributed by atoms with Crippen LogP contribution < -0.4 is 9.62 Å². The number of halogens is 1. The van der Waals surface area contributed by atoms with Crippen molar-refractivity contribution < 1.29 is 18.0 Å². The van der Waals surface area contributed by atoms with Crippen LogP contribution in [0.1, 0.15) is 43.4 Å². The van der Waals surface area contributed by atoms with Gasteiger partial charge in [0.05, 0.1) is 10.6 Å². The number of amides is 2. The molecule has 0 aliphatic heterocycles. The molecule has 3 aromatic carbocycles. The van der Waals surface area contributed by atoms with Crippen molar-refractivity contribution in [1.29, 1.82) is 0 Å². The number of nitrogens with zero attached hydrogens (tertiary/aromatic N) is 2. The summed E-state index contributed by atoms with van der Waals surface area (Å²) in [5, 5.41) is 3.33. The summed E-state index contributed by atoms with van der Waals surface area (Å²) in [7, 11) is -4.11. The van der Waals surface area contributed by atoms with Gasteiger partial charge in [-0.05, 0) is 69.2 Å². The Kier molecular flexibility index (Phi) is 10.5. The molecule has 0 spiro atoms. The summed E-state index contributed by atoms with van der Waals surface area (Å²) in [6, 6.07) is 19.6. The van der Waals surface area contributed by atoms with E-state index in [0.29, 0.717) is 17.3 Å². The Labute approximate surface area is 236 Å². The predicted octanol–water partition coefficient (Wildman–Crippen LogP) is 5.49. The first kappa shape index (κ1) is 30.2. The van der Waals surface area contributed by atoms with E-state index < -0.39 is 28.5 Å². The van der Waals surface area contributed by atoms with E-state index in [-0.39, 0.29) is 17.3 Å². The molecule has 0 aliphatic carbocycles. The first-order valence-corrected chi connectivity index (χ1v) is 14.8. The summed E-state index contributed by atoms with van der Waals surface area (Å²) in [6.07, 6.45) is 1.75. The van der Waals surface area contributed by atoms with E-state index in [9.17, 15) is 18.0 Å². The average molecular weight is 570 g/mol. The highest BCUT2D eigenvalue weighted by Crippen LogP contribution is 2.26. The second-order valence-electron chi connectivity index (χ2n) is 9.63. The number of anilines is 1. The van der Waals surface area contributed by atoms with Gasteiger partial charge in [-0.15, -0.1) is 0 Å². The van der Waals surface area contributed by atoms with Crippen LogP contribution in [0.4, 0.5) is 5.69 Å². The molecule has 0 radical (unpaired) electrons. The highest BCUT2D eigenvalue weighted by Gasteiger charge is 2.32. The number of carbonyl (C=O) groups excluding carboxylic acids is 2. The maximum absolute atomic E-state index is 13.9. The van der Waals surface area contributed by atoms with Crippen LogP contribution in [0, 0.1) is 13.8 Å². The Balaban J connectivity index is 1.99. The molecule has 39 heavy (non-hydrogen) atoms. The van der Waals surface area contributed by atoms with E-state index in [2.05, 4.69) is 5.32 Å². The van der Waals surface area contributed by atoms with Crippen LogP contribution in [0.5, 0.6) is 0 Å². The Morgan fingerprint density at radius 2 is 1.62 bits per heavy atom. The third-order valence-electron chi connectivity index (χ3n) is 6.43. The van der Waals surface area contributed by atoms with Gasteiger partial charge in [0.25, 0.3) is 10.0 Å². The molecule has 0 heterocycles. The van der Waals surface area contributed by atoms with Crippen molar-refractivity contribution in [3.63, 3.8) is 0 Å². The van der Waals surface area contributed by atoms with Crippen molar-refractivity contribution in [3.8, 4) is 0 Å². The number of sulfonamides is 1. The van der Waals surface area contributed by atoms with Gasteiger partial charge in [0, 0.05) is 18.1 Å². The number of unbranched alkanes of at least 4 members (excludes halogenated alkanes) is 1. The van der Waals surface area contributed by atoms with Crippen molar-refractivity contribution in [1.82, 2.24) is 10.2 Å². The lowest BCUT2D eigenvalue weighted by molar-refractivity contribution is -0.139. The first-order chi connectivity index (χ1) is 18.5. The molecule has 0 bridgehead atoms. The monoisotopic (exact) mass is 569 g/mol. The summed E-state index contributed by atoms with van der Waals surface area (Å²) in [6.45, 7) is 7.68. The lowest BCUT2D eigenvalue weighted by atomic mass is 10.1. The largest absolute Gasteiger partial charge is 0.354 e. The molecule has 0 aromatic heterocycles. The zero-order chi connectivity index (χ0) is 28.6. The fourth-order valence-corrected chi connectivity index (χ4v) is 5.64. The molecule has 0 aliphatic rings. The molecular formula is C30H36ClN3O4S. The normalized spacial score (nSPS) is 12.0. The van der Waals surface area contributed by atoms with Crippen LogP contribution in [-0.4, -0.2) is 44.3 Å². The summed E-state index contributed by atoms with van der Waals surface area (Å²) in [5.74, 6) is -0.788. The highest BCUT2D eigenvalue weighted by atomic mass is 35.5. The van der Waals surface area contributed by atoms with Crippen LogP contribution in [0.15, 0.2) is 77.7 Å². The SMILES string of the molecule is CCCCNC(=O)[C@H](C)N(Cc1cccc(C)c1)C(=O)CN(c1ccc(Cl)cc1)S(=O)(=O)c1ccc(C)cc1. The molecule has 0 unspecified atom stereocenters. The van der Waals surface area contributed by atoms with Gasteiger partial charge in [-0.1, -0.05) is 72.5 Å². The van der Waals surface area contributed by atoms with Crippen LogP contribution in [-0.2, 0) is 26.2 Å². The number of hydrogen-bond acceptors (Lipinski definition) is 4. The molecule has 3 rings (SSSR count). The van der Waals surface area contributed by atoms with Crippen LogP contribution in [0.25, 0.3) is 0 Å². The molecule has 1 atom stereocenters. The topological polar surface area (TPSA) is 86.8 Å². The van der Waals surface area contributed by atoms with E-state index in [0.717, 1.165) is 33.8 Å². The third-order valence-corrected chi connectivity index (χ3v) is 8.47. The molecule has 2 amide bonds. The van der Waals surface area contributed by atoms with Crippen LogP contribution >= 0.6 is 11.6 Å². The third kappa shape index (κ3) is 8.07. The zero-order valence-corrected chi connectivity index (χ0v) is 24.4. The molecule has 208 valence electrons. The van der Waals surface area contributed by atoms with Crippen molar-refractivity contribution in [2.24, 2.45) is 0 Å². The Morgan fingerprint density at radius 3 is 2.23 bits per heavy atom. The van der Waals surface area contributed by atoms with E-state index in [4.69, 9.17) is 11.6 Å². The maximum atomic E-state index is 13.9. The average Bonchev–Trinajstić information content (AvgIpc) is 2.90. The second-order valence-corrected chi connectivity index (χ2v) is 11.9. The summed E-state index contributed by atoms with van der Waals surface area (Å²) >= 11 is 6.07. The molecule has 0 saturated heterocycles. The van der Waals surface area contributed by atoms with Crippen molar-refractivity contribution in [3.05, 3.63) is 94.5 Å². The van der Waals surface area contributed by atoms with Gasteiger partial charge in [-0.25, -0.2) is 8.42 Å². The van der Waals surface area contributed by atoms with E-state index >= 15 is 0 Å². The van der Waals surface area contributed by atoms with Gasteiger partial charge in [-0.2, -0.15) is 0 Å². The number of benzene rings is 3. The molecule has 0 saturated carbocycles.